The first-order valence-corrected chi connectivity index (χ1v) is 14.0. The van der Waals surface area contributed by atoms with Crippen LogP contribution >= 0.6 is 46.3 Å². The standard InChI is InChI=1S/C26H22Cl2N4O2S2/c1-15(16-11-12-19(27)20(28)13-16)30-31-22(33)14-35-26-29-24-23(18-9-5-6-10-21(18)36-24)25(34)32(26)17-7-3-2-4-8-17/h2-4,7-8,11-13H,5-6,9-10,14H2,1H3,(H,31,33). The van der Waals surface area contributed by atoms with Gasteiger partial charge in [0.25, 0.3) is 11.5 Å². The number of carbonyl (C=O) groups is 1. The van der Waals surface area contributed by atoms with Gasteiger partial charge in [-0.1, -0.05) is 59.2 Å². The minimum absolute atomic E-state index is 0.0496. The Morgan fingerprint density at radius 3 is 2.69 bits per heavy atom. The molecule has 0 saturated carbocycles. The fourth-order valence-corrected chi connectivity index (χ4v) is 6.59. The molecule has 5 rings (SSSR count). The summed E-state index contributed by atoms with van der Waals surface area (Å²) < 4.78 is 1.62. The average Bonchev–Trinajstić information content (AvgIpc) is 3.27. The maximum atomic E-state index is 13.7. The predicted octanol–water partition coefficient (Wildman–Crippen LogP) is 6.27. The molecule has 0 unspecified atom stereocenters. The van der Waals surface area contributed by atoms with Gasteiger partial charge in [-0.15, -0.1) is 11.3 Å². The maximum absolute atomic E-state index is 13.7. The van der Waals surface area contributed by atoms with Crippen molar-refractivity contribution in [2.45, 2.75) is 37.8 Å². The average molecular weight is 558 g/mol. The number of hydrogen-bond acceptors (Lipinski definition) is 6. The number of hydrogen-bond donors (Lipinski definition) is 1. The zero-order chi connectivity index (χ0) is 25.2. The summed E-state index contributed by atoms with van der Waals surface area (Å²) in [7, 11) is 0. The second-order valence-electron chi connectivity index (χ2n) is 8.41. The van der Waals surface area contributed by atoms with Crippen LogP contribution in [0.3, 0.4) is 0 Å². The second kappa shape index (κ2) is 10.8. The molecule has 0 atom stereocenters. The van der Waals surface area contributed by atoms with Crippen molar-refractivity contribution in [1.82, 2.24) is 15.0 Å². The summed E-state index contributed by atoms with van der Waals surface area (Å²) in [6, 6.07) is 14.6. The number of hydrazone groups is 1. The molecule has 0 aliphatic heterocycles. The molecule has 0 radical (unpaired) electrons. The predicted molar refractivity (Wildman–Crippen MR) is 149 cm³/mol. The third-order valence-electron chi connectivity index (χ3n) is 5.99. The van der Waals surface area contributed by atoms with Crippen molar-refractivity contribution < 1.29 is 4.79 Å². The highest BCUT2D eigenvalue weighted by atomic mass is 35.5. The third kappa shape index (κ3) is 5.09. The number of carbonyl (C=O) groups excluding carboxylic acids is 1. The largest absolute Gasteiger partial charge is 0.272 e. The van der Waals surface area contributed by atoms with Crippen molar-refractivity contribution >= 4 is 68.1 Å². The molecule has 0 fully saturated rings. The SMILES string of the molecule is CC(=NNC(=O)CSc1nc2sc3c(c2c(=O)n1-c1ccccc1)CCCC3)c1ccc(Cl)c(Cl)c1. The monoisotopic (exact) mass is 556 g/mol. The molecule has 0 saturated heterocycles. The van der Waals surface area contributed by atoms with E-state index in [1.807, 2.05) is 30.3 Å². The zero-order valence-corrected chi connectivity index (χ0v) is 22.5. The van der Waals surface area contributed by atoms with Crippen molar-refractivity contribution in [3.8, 4) is 5.69 Å². The number of nitrogens with one attached hydrogen (secondary N) is 1. The Bertz CT molecular complexity index is 1550. The fourth-order valence-electron chi connectivity index (χ4n) is 4.18. The van der Waals surface area contributed by atoms with Gasteiger partial charge in [0.05, 0.1) is 32.6 Å². The first kappa shape index (κ1) is 25.0. The minimum Gasteiger partial charge on any atom is -0.272 e. The molecule has 2 aromatic carbocycles. The molecule has 1 aliphatic carbocycles. The molecule has 184 valence electrons. The number of amides is 1. The lowest BCUT2D eigenvalue weighted by Gasteiger charge is -2.13. The highest BCUT2D eigenvalue weighted by molar-refractivity contribution is 7.99. The number of thioether (sulfide) groups is 1. The van der Waals surface area contributed by atoms with Crippen molar-refractivity contribution in [3.63, 3.8) is 0 Å². The molecule has 6 nitrogen and oxygen atoms in total. The molecule has 4 aromatic rings. The maximum Gasteiger partial charge on any atom is 0.267 e. The Kier molecular flexibility index (Phi) is 7.48. The Hall–Kier alpha value is -2.65. The van der Waals surface area contributed by atoms with E-state index in [1.54, 1.807) is 41.0 Å². The molecular formula is C26H22Cl2N4O2S2. The summed E-state index contributed by atoms with van der Waals surface area (Å²) >= 11 is 14.9. The van der Waals surface area contributed by atoms with Crippen LogP contribution in [0, 0.1) is 0 Å². The van der Waals surface area contributed by atoms with Gasteiger partial charge in [0, 0.05) is 4.88 Å². The molecule has 2 aromatic heterocycles. The number of halogens is 2. The van der Waals surface area contributed by atoms with E-state index >= 15 is 0 Å². The summed E-state index contributed by atoms with van der Waals surface area (Å²) in [5.41, 5.74) is 5.71. The van der Waals surface area contributed by atoms with Crippen molar-refractivity contribution in [1.29, 1.82) is 0 Å². The molecule has 10 heteroatoms. The van der Waals surface area contributed by atoms with Gasteiger partial charge >= 0.3 is 0 Å². The molecule has 1 N–H and O–H groups in total. The van der Waals surface area contributed by atoms with Gasteiger partial charge < -0.3 is 0 Å². The Labute approximate surface area is 226 Å². The minimum atomic E-state index is -0.307. The lowest BCUT2D eigenvalue weighted by Crippen LogP contribution is -2.24. The van der Waals surface area contributed by atoms with Crippen molar-refractivity contribution in [2.24, 2.45) is 5.10 Å². The topological polar surface area (TPSA) is 76.3 Å². The van der Waals surface area contributed by atoms with E-state index in [1.165, 1.54) is 16.6 Å². The first-order chi connectivity index (χ1) is 17.4. The second-order valence-corrected chi connectivity index (χ2v) is 11.3. The van der Waals surface area contributed by atoms with Gasteiger partial charge in [-0.2, -0.15) is 5.10 Å². The van der Waals surface area contributed by atoms with Gasteiger partial charge in [-0.3, -0.25) is 14.2 Å². The van der Waals surface area contributed by atoms with Crippen LogP contribution in [0.25, 0.3) is 15.9 Å². The van der Waals surface area contributed by atoms with Gasteiger partial charge in [-0.25, -0.2) is 10.4 Å². The number of aromatic nitrogens is 2. The number of benzene rings is 2. The van der Waals surface area contributed by atoms with Crippen LogP contribution < -0.4 is 11.0 Å². The van der Waals surface area contributed by atoms with E-state index in [0.29, 0.717) is 26.3 Å². The third-order valence-corrected chi connectivity index (χ3v) is 8.85. The van der Waals surface area contributed by atoms with E-state index < -0.39 is 0 Å². The smallest absolute Gasteiger partial charge is 0.267 e. The summed E-state index contributed by atoms with van der Waals surface area (Å²) in [6.45, 7) is 1.77. The number of aryl methyl sites for hydroxylation is 2. The molecule has 0 spiro atoms. The van der Waals surface area contributed by atoms with Crippen LogP contribution in [0.1, 0.15) is 35.8 Å². The highest BCUT2D eigenvalue weighted by Gasteiger charge is 2.23. The lowest BCUT2D eigenvalue weighted by atomic mass is 9.97. The lowest BCUT2D eigenvalue weighted by molar-refractivity contribution is -0.118. The molecule has 0 bridgehead atoms. The van der Waals surface area contributed by atoms with Crippen molar-refractivity contribution in [2.75, 3.05) is 5.75 Å². The quantitative estimate of drug-likeness (QED) is 0.131. The Morgan fingerprint density at radius 2 is 1.92 bits per heavy atom. The van der Waals surface area contributed by atoms with Gasteiger partial charge in [0.15, 0.2) is 5.16 Å². The molecular weight excluding hydrogens is 535 g/mol. The first-order valence-electron chi connectivity index (χ1n) is 11.5. The van der Waals surface area contributed by atoms with Gasteiger partial charge in [-0.05, 0) is 68.0 Å². The van der Waals surface area contributed by atoms with Gasteiger partial charge in [0.2, 0.25) is 0 Å². The van der Waals surface area contributed by atoms with E-state index in [-0.39, 0.29) is 17.2 Å². The van der Waals surface area contributed by atoms with Crippen LogP contribution in [-0.2, 0) is 17.6 Å². The summed E-state index contributed by atoms with van der Waals surface area (Å²) in [6.07, 6.45) is 4.12. The van der Waals surface area contributed by atoms with Crippen LogP contribution in [0.15, 0.2) is 63.6 Å². The zero-order valence-electron chi connectivity index (χ0n) is 19.4. The number of para-hydroxylation sites is 1. The van der Waals surface area contributed by atoms with Crippen LogP contribution in [-0.4, -0.2) is 26.9 Å². The number of nitrogens with zero attached hydrogens (tertiary/aromatic N) is 3. The normalized spacial score (nSPS) is 13.6. The fraction of sp³-hybridized carbons (Fsp3) is 0.231. The summed E-state index contributed by atoms with van der Waals surface area (Å²) in [5.74, 6) is -0.257. The van der Waals surface area contributed by atoms with Gasteiger partial charge in [0.1, 0.15) is 4.83 Å². The summed E-state index contributed by atoms with van der Waals surface area (Å²) in [4.78, 5) is 33.2. The van der Waals surface area contributed by atoms with Crippen LogP contribution in [0.4, 0.5) is 0 Å². The number of fused-ring (bicyclic) bond motifs is 3. The summed E-state index contributed by atoms with van der Waals surface area (Å²) in [5, 5.41) is 6.26. The molecule has 2 heterocycles. The van der Waals surface area contributed by atoms with E-state index in [4.69, 9.17) is 28.2 Å². The molecule has 1 amide bonds. The number of rotatable bonds is 6. The van der Waals surface area contributed by atoms with E-state index in [0.717, 1.165) is 47.3 Å². The van der Waals surface area contributed by atoms with E-state index in [2.05, 4.69) is 10.5 Å². The van der Waals surface area contributed by atoms with E-state index in [9.17, 15) is 9.59 Å². The Morgan fingerprint density at radius 1 is 1.14 bits per heavy atom. The molecule has 1 aliphatic rings. The van der Waals surface area contributed by atoms with Crippen molar-refractivity contribution in [3.05, 3.63) is 84.9 Å². The van der Waals surface area contributed by atoms with Crippen LogP contribution in [0.2, 0.25) is 10.0 Å². The molecule has 36 heavy (non-hydrogen) atoms. The van der Waals surface area contributed by atoms with Crippen LogP contribution in [0.5, 0.6) is 0 Å². The number of thiophene rings is 1. The Balaban J connectivity index is 1.41. The highest BCUT2D eigenvalue weighted by Crippen LogP contribution is 2.35.